The van der Waals surface area contributed by atoms with Crippen LogP contribution in [-0.2, 0) is 9.47 Å². The Morgan fingerprint density at radius 3 is 2.23 bits per heavy atom. The van der Waals surface area contributed by atoms with Crippen LogP contribution in [0, 0.1) is 5.92 Å². The van der Waals surface area contributed by atoms with E-state index >= 15 is 0 Å². The summed E-state index contributed by atoms with van der Waals surface area (Å²) in [6, 6.07) is 6.06. The molecule has 0 radical (unpaired) electrons. The fraction of sp³-hybridized carbons (Fsp3) is 0.667. The fourth-order valence-electron chi connectivity index (χ4n) is 3.53. The molecule has 0 spiro atoms. The summed E-state index contributed by atoms with van der Waals surface area (Å²) >= 11 is 0. The van der Waals surface area contributed by atoms with Crippen LogP contribution in [0.4, 0.5) is 0 Å². The highest BCUT2D eigenvalue weighted by Gasteiger charge is 2.22. The summed E-state index contributed by atoms with van der Waals surface area (Å²) in [7, 11) is 3.32. The van der Waals surface area contributed by atoms with Gasteiger partial charge >= 0.3 is 0 Å². The second-order valence-electron chi connectivity index (χ2n) is 6.47. The van der Waals surface area contributed by atoms with Crippen LogP contribution in [0.25, 0.3) is 0 Å². The topological polar surface area (TPSA) is 49.3 Å². The van der Waals surface area contributed by atoms with Crippen molar-refractivity contribution in [1.29, 1.82) is 0 Å². The normalized spacial score (nSPS) is 16.1. The van der Waals surface area contributed by atoms with Crippen LogP contribution < -0.4 is 9.47 Å². The second kappa shape index (κ2) is 11.2. The number of rotatable bonds is 10. The molecule has 2 rings (SSSR count). The third-order valence-electron chi connectivity index (χ3n) is 4.79. The van der Waals surface area contributed by atoms with Crippen LogP contribution in [0.1, 0.15) is 51.5 Å². The van der Waals surface area contributed by atoms with Gasteiger partial charge in [0, 0.05) is 24.8 Å². The molecule has 0 N–H and O–H groups in total. The maximum atomic E-state index is 5.66. The lowest BCUT2D eigenvalue weighted by Crippen LogP contribution is -2.24. The van der Waals surface area contributed by atoms with E-state index < -0.39 is 0 Å². The Bertz CT molecular complexity index is 561. The van der Waals surface area contributed by atoms with Gasteiger partial charge in [-0.25, -0.2) is 0 Å². The van der Waals surface area contributed by atoms with Crippen LogP contribution in [0.15, 0.2) is 23.2 Å². The van der Waals surface area contributed by atoms with Gasteiger partial charge in [-0.2, -0.15) is 0 Å². The molecule has 5 nitrogen and oxygen atoms in total. The van der Waals surface area contributed by atoms with Gasteiger partial charge in [-0.1, -0.05) is 19.3 Å². The first-order chi connectivity index (χ1) is 12.7. The van der Waals surface area contributed by atoms with E-state index in [9.17, 15) is 0 Å². The maximum absolute atomic E-state index is 5.66. The van der Waals surface area contributed by atoms with Crippen molar-refractivity contribution in [2.75, 3.05) is 34.0 Å². The van der Waals surface area contributed by atoms with Gasteiger partial charge in [-0.3, -0.25) is 4.99 Å². The van der Waals surface area contributed by atoms with Crippen molar-refractivity contribution in [3.05, 3.63) is 23.8 Å². The lowest BCUT2D eigenvalue weighted by atomic mass is 9.83. The SMILES string of the molecule is CCOC(C/N=C(/c1ccc(OC)c(OC)c1)C1CCCCC1)OCC. The highest BCUT2D eigenvalue weighted by Crippen LogP contribution is 2.32. The van der Waals surface area contributed by atoms with Gasteiger partial charge in [-0.05, 0) is 50.5 Å². The molecule has 0 amide bonds. The molecule has 1 saturated carbocycles. The summed E-state index contributed by atoms with van der Waals surface area (Å²) in [5, 5.41) is 0. The number of benzene rings is 1. The highest BCUT2D eigenvalue weighted by atomic mass is 16.7. The van der Waals surface area contributed by atoms with Crippen molar-refractivity contribution < 1.29 is 18.9 Å². The molecule has 0 aliphatic heterocycles. The zero-order valence-corrected chi connectivity index (χ0v) is 16.6. The van der Waals surface area contributed by atoms with Gasteiger partial charge in [0.1, 0.15) is 0 Å². The molecule has 1 aromatic carbocycles. The Labute approximate surface area is 157 Å². The molecule has 0 saturated heterocycles. The average Bonchev–Trinajstić information content (AvgIpc) is 2.69. The van der Waals surface area contributed by atoms with E-state index in [4.69, 9.17) is 23.9 Å². The first-order valence-corrected chi connectivity index (χ1v) is 9.73. The minimum atomic E-state index is -0.288. The molecule has 146 valence electrons. The number of methoxy groups -OCH3 is 2. The summed E-state index contributed by atoms with van der Waals surface area (Å²) in [4.78, 5) is 4.96. The average molecular weight is 363 g/mol. The van der Waals surface area contributed by atoms with Gasteiger partial charge in [0.25, 0.3) is 0 Å². The number of hydrogen-bond acceptors (Lipinski definition) is 5. The third kappa shape index (κ3) is 5.71. The van der Waals surface area contributed by atoms with Crippen molar-refractivity contribution in [1.82, 2.24) is 0 Å². The summed E-state index contributed by atoms with van der Waals surface area (Å²) in [6.45, 7) is 5.71. The Morgan fingerprint density at radius 2 is 1.65 bits per heavy atom. The Morgan fingerprint density at radius 1 is 1.00 bits per heavy atom. The largest absolute Gasteiger partial charge is 0.493 e. The Kier molecular flexibility index (Phi) is 8.92. The summed E-state index contributed by atoms with van der Waals surface area (Å²) in [6.07, 6.45) is 5.91. The molecular weight excluding hydrogens is 330 g/mol. The maximum Gasteiger partial charge on any atom is 0.176 e. The standard InChI is InChI=1S/C21H33NO4/c1-5-25-20(26-6-2)15-22-21(16-10-8-7-9-11-16)17-12-13-18(23-3)19(14-17)24-4/h12-14,16,20H,5-11,15H2,1-4H3/b22-21+. The van der Waals surface area contributed by atoms with E-state index in [2.05, 4.69) is 6.07 Å². The molecule has 0 atom stereocenters. The summed E-state index contributed by atoms with van der Waals surface area (Å²) < 4.78 is 22.2. The molecule has 0 heterocycles. The molecule has 0 unspecified atom stereocenters. The van der Waals surface area contributed by atoms with Crippen molar-refractivity contribution >= 4 is 5.71 Å². The molecule has 1 aliphatic carbocycles. The fourth-order valence-corrected chi connectivity index (χ4v) is 3.53. The zero-order chi connectivity index (χ0) is 18.8. The van der Waals surface area contributed by atoms with Crippen molar-refractivity contribution in [2.24, 2.45) is 10.9 Å². The van der Waals surface area contributed by atoms with Crippen LogP contribution in [0.2, 0.25) is 0 Å². The van der Waals surface area contributed by atoms with Gasteiger partial charge in [0.2, 0.25) is 0 Å². The van der Waals surface area contributed by atoms with Gasteiger partial charge in [0.15, 0.2) is 17.8 Å². The van der Waals surface area contributed by atoms with Crippen molar-refractivity contribution in [2.45, 2.75) is 52.2 Å². The molecular formula is C21H33NO4. The molecule has 26 heavy (non-hydrogen) atoms. The van der Waals surface area contributed by atoms with E-state index in [1.807, 2.05) is 26.0 Å². The predicted molar refractivity (Wildman–Crippen MR) is 105 cm³/mol. The molecule has 1 fully saturated rings. The molecule has 0 bridgehead atoms. The summed E-state index contributed by atoms with van der Waals surface area (Å²) in [5.41, 5.74) is 2.23. The second-order valence-corrected chi connectivity index (χ2v) is 6.47. The molecule has 1 aliphatic rings. The minimum absolute atomic E-state index is 0.288. The lowest BCUT2D eigenvalue weighted by molar-refractivity contribution is -0.128. The van der Waals surface area contributed by atoms with E-state index in [1.165, 1.54) is 32.1 Å². The van der Waals surface area contributed by atoms with Crippen molar-refractivity contribution in [3.63, 3.8) is 0 Å². The van der Waals surface area contributed by atoms with E-state index in [0.29, 0.717) is 25.7 Å². The zero-order valence-electron chi connectivity index (χ0n) is 16.6. The molecule has 1 aromatic rings. The Balaban J connectivity index is 2.29. The molecule has 5 heteroatoms. The van der Waals surface area contributed by atoms with E-state index in [1.54, 1.807) is 14.2 Å². The number of hydrogen-bond donors (Lipinski definition) is 0. The number of aliphatic imine (C=N–C) groups is 1. The lowest BCUT2D eigenvalue weighted by Gasteiger charge is -2.25. The first-order valence-electron chi connectivity index (χ1n) is 9.73. The van der Waals surface area contributed by atoms with Crippen LogP contribution in [0.5, 0.6) is 11.5 Å². The van der Waals surface area contributed by atoms with Gasteiger partial charge < -0.3 is 18.9 Å². The monoisotopic (exact) mass is 363 g/mol. The smallest absolute Gasteiger partial charge is 0.176 e. The quantitative estimate of drug-likeness (QED) is 0.454. The van der Waals surface area contributed by atoms with E-state index in [0.717, 1.165) is 22.8 Å². The minimum Gasteiger partial charge on any atom is -0.493 e. The number of nitrogens with zero attached hydrogens (tertiary/aromatic N) is 1. The molecule has 0 aromatic heterocycles. The van der Waals surface area contributed by atoms with Crippen LogP contribution in [-0.4, -0.2) is 46.0 Å². The summed E-state index contributed by atoms with van der Waals surface area (Å²) in [5.74, 6) is 1.95. The number of ether oxygens (including phenoxy) is 4. The highest BCUT2D eigenvalue weighted by molar-refractivity contribution is 6.02. The van der Waals surface area contributed by atoms with Crippen LogP contribution in [0.3, 0.4) is 0 Å². The van der Waals surface area contributed by atoms with Gasteiger partial charge in [0.05, 0.1) is 20.8 Å². The van der Waals surface area contributed by atoms with E-state index in [-0.39, 0.29) is 6.29 Å². The van der Waals surface area contributed by atoms with Crippen molar-refractivity contribution in [3.8, 4) is 11.5 Å². The van der Waals surface area contributed by atoms with Crippen LogP contribution >= 0.6 is 0 Å². The Hall–Kier alpha value is -1.59. The predicted octanol–water partition coefficient (Wildman–Crippen LogP) is 4.47. The first kappa shape index (κ1) is 20.7. The third-order valence-corrected chi connectivity index (χ3v) is 4.79. The van der Waals surface area contributed by atoms with Gasteiger partial charge in [-0.15, -0.1) is 0 Å².